The van der Waals surface area contributed by atoms with Crippen molar-refractivity contribution in [3.8, 4) is 11.1 Å². The Morgan fingerprint density at radius 2 is 1.69 bits per heavy atom. The van der Waals surface area contributed by atoms with Gasteiger partial charge in [-0.3, -0.25) is 4.79 Å². The molecular formula is C25H23ClFN3O5S. The molecule has 3 amide bonds. The Kier molecular flexibility index (Phi) is 7.03. The fourth-order valence-electron chi connectivity index (χ4n) is 4.00. The lowest BCUT2D eigenvalue weighted by Crippen LogP contribution is -2.49. The van der Waals surface area contributed by atoms with Gasteiger partial charge in [-0.25, -0.2) is 17.6 Å². The molecule has 0 aromatic heterocycles. The molecule has 3 aromatic carbocycles. The molecule has 1 aliphatic rings. The van der Waals surface area contributed by atoms with Crippen molar-refractivity contribution in [1.82, 2.24) is 5.32 Å². The van der Waals surface area contributed by atoms with Crippen molar-refractivity contribution in [2.45, 2.75) is 16.9 Å². The third kappa shape index (κ3) is 5.35. The topological polar surface area (TPSA) is 125 Å². The summed E-state index contributed by atoms with van der Waals surface area (Å²) in [7, 11) is -3.60. The number of hydrogen-bond acceptors (Lipinski definition) is 5. The number of aliphatic hydroxyl groups excluding tert-OH is 1. The first-order chi connectivity index (χ1) is 17.0. The summed E-state index contributed by atoms with van der Waals surface area (Å²) in [5, 5.41) is 17.9. The summed E-state index contributed by atoms with van der Waals surface area (Å²) in [6.07, 6.45) is 1.24. The molecule has 0 bridgehead atoms. The van der Waals surface area contributed by atoms with E-state index in [2.05, 4.69) is 16.0 Å². The zero-order chi connectivity index (χ0) is 26.1. The van der Waals surface area contributed by atoms with Gasteiger partial charge in [0.1, 0.15) is 11.4 Å². The number of aliphatic hydroxyl groups is 1. The van der Waals surface area contributed by atoms with E-state index in [1.807, 2.05) is 0 Å². The number of rotatable bonds is 7. The standard InChI is InChI=1S/C25H23ClFN3O5S/c1-36(34,35)22-5-3-2-4-20(22)19-11-10-18(12-21(19)27)28-23(32)25(13-15(25)14-31)30-24(33)29-17-8-6-16(26)7-9-17/h2-12,15,31H,13-14H2,1H3,(H,28,32)(H2,29,30,33). The summed E-state index contributed by atoms with van der Waals surface area (Å²) in [4.78, 5) is 25.6. The van der Waals surface area contributed by atoms with E-state index < -0.39 is 39.0 Å². The molecule has 2 atom stereocenters. The number of nitrogens with one attached hydrogen (secondary N) is 3. The van der Waals surface area contributed by atoms with Gasteiger partial charge in [0.05, 0.1) is 4.90 Å². The molecule has 3 aromatic rings. The summed E-state index contributed by atoms with van der Waals surface area (Å²) in [5.74, 6) is -1.86. The second-order valence-corrected chi connectivity index (χ2v) is 11.0. The molecule has 188 valence electrons. The van der Waals surface area contributed by atoms with Gasteiger partial charge in [-0.1, -0.05) is 29.8 Å². The number of sulfone groups is 1. The molecule has 11 heteroatoms. The van der Waals surface area contributed by atoms with Crippen LogP contribution in [-0.4, -0.2) is 43.9 Å². The maximum absolute atomic E-state index is 15.0. The minimum absolute atomic E-state index is 0.0145. The number of benzene rings is 3. The monoisotopic (exact) mass is 531 g/mol. The number of halogens is 2. The van der Waals surface area contributed by atoms with Crippen LogP contribution >= 0.6 is 11.6 Å². The molecule has 36 heavy (non-hydrogen) atoms. The molecule has 8 nitrogen and oxygen atoms in total. The van der Waals surface area contributed by atoms with Crippen molar-refractivity contribution in [2.75, 3.05) is 23.5 Å². The molecule has 1 saturated carbocycles. The van der Waals surface area contributed by atoms with Crippen molar-refractivity contribution in [3.05, 3.63) is 77.6 Å². The number of amides is 3. The van der Waals surface area contributed by atoms with E-state index in [-0.39, 0.29) is 34.7 Å². The van der Waals surface area contributed by atoms with E-state index >= 15 is 4.39 Å². The number of hydrogen-bond donors (Lipinski definition) is 4. The fourth-order valence-corrected chi connectivity index (χ4v) is 5.03. The summed E-state index contributed by atoms with van der Waals surface area (Å²) in [6, 6.07) is 15.7. The van der Waals surface area contributed by atoms with Crippen LogP contribution in [0.15, 0.2) is 71.6 Å². The number of carbonyl (C=O) groups excluding carboxylic acids is 2. The predicted molar refractivity (Wildman–Crippen MR) is 135 cm³/mol. The molecule has 0 spiro atoms. The zero-order valence-corrected chi connectivity index (χ0v) is 20.7. The minimum atomic E-state index is -3.60. The minimum Gasteiger partial charge on any atom is -0.396 e. The average Bonchev–Trinajstić information content (AvgIpc) is 3.54. The van der Waals surface area contributed by atoms with Crippen molar-refractivity contribution in [1.29, 1.82) is 0 Å². The summed E-state index contributed by atoms with van der Waals surface area (Å²) in [6.45, 7) is -0.329. The molecular weight excluding hydrogens is 509 g/mol. The molecule has 0 heterocycles. The number of urea groups is 1. The van der Waals surface area contributed by atoms with Crippen molar-refractivity contribution < 1.29 is 27.5 Å². The first-order valence-electron chi connectivity index (χ1n) is 10.9. The van der Waals surface area contributed by atoms with Crippen LogP contribution in [0.1, 0.15) is 6.42 Å². The smallest absolute Gasteiger partial charge is 0.320 e. The van der Waals surface area contributed by atoms with Crippen molar-refractivity contribution in [2.24, 2.45) is 5.92 Å². The summed E-state index contributed by atoms with van der Waals surface area (Å²) >= 11 is 5.84. The molecule has 0 aliphatic heterocycles. The van der Waals surface area contributed by atoms with Gasteiger partial charge in [-0.15, -0.1) is 0 Å². The van der Waals surface area contributed by atoms with Gasteiger partial charge in [-0.2, -0.15) is 0 Å². The third-order valence-corrected chi connectivity index (χ3v) is 7.38. The lowest BCUT2D eigenvalue weighted by Gasteiger charge is -2.20. The Bertz CT molecular complexity index is 1430. The normalized spacial score (nSPS) is 18.8. The lowest BCUT2D eigenvalue weighted by molar-refractivity contribution is -0.119. The van der Waals surface area contributed by atoms with Crippen molar-refractivity contribution >= 4 is 44.8 Å². The Hall–Kier alpha value is -3.47. The van der Waals surface area contributed by atoms with Crippen LogP contribution in [0.25, 0.3) is 11.1 Å². The van der Waals surface area contributed by atoms with E-state index in [9.17, 15) is 23.1 Å². The van der Waals surface area contributed by atoms with Crippen LogP contribution in [-0.2, 0) is 14.6 Å². The van der Waals surface area contributed by atoms with Crippen LogP contribution in [0.5, 0.6) is 0 Å². The predicted octanol–water partition coefficient (Wildman–Crippen LogP) is 4.06. The second-order valence-electron chi connectivity index (χ2n) is 8.56. The average molecular weight is 532 g/mol. The van der Waals surface area contributed by atoms with Gasteiger partial charge in [0, 0.05) is 46.3 Å². The van der Waals surface area contributed by atoms with Gasteiger partial charge in [0.25, 0.3) is 5.91 Å². The van der Waals surface area contributed by atoms with E-state index in [1.54, 1.807) is 36.4 Å². The first-order valence-corrected chi connectivity index (χ1v) is 13.2. The highest BCUT2D eigenvalue weighted by molar-refractivity contribution is 7.90. The van der Waals surface area contributed by atoms with E-state index in [1.165, 1.54) is 24.3 Å². The Morgan fingerprint density at radius 3 is 2.31 bits per heavy atom. The second kappa shape index (κ2) is 9.88. The molecule has 0 saturated heterocycles. The Morgan fingerprint density at radius 1 is 1.03 bits per heavy atom. The highest BCUT2D eigenvalue weighted by Crippen LogP contribution is 2.44. The van der Waals surface area contributed by atoms with Gasteiger partial charge in [-0.05, 0) is 55.0 Å². The van der Waals surface area contributed by atoms with Gasteiger partial charge in [0.2, 0.25) is 0 Å². The van der Waals surface area contributed by atoms with Crippen LogP contribution in [0.3, 0.4) is 0 Å². The SMILES string of the molecule is CS(=O)(=O)c1ccccc1-c1ccc(NC(=O)C2(NC(=O)Nc3ccc(Cl)cc3)CC2CO)cc1F. The van der Waals surface area contributed by atoms with E-state index in [0.717, 1.165) is 12.3 Å². The largest absolute Gasteiger partial charge is 0.396 e. The fraction of sp³-hybridized carbons (Fsp3) is 0.200. The Balaban J connectivity index is 1.51. The third-order valence-electron chi connectivity index (χ3n) is 5.97. The highest BCUT2D eigenvalue weighted by atomic mass is 35.5. The molecule has 2 unspecified atom stereocenters. The molecule has 1 aliphatic carbocycles. The molecule has 0 radical (unpaired) electrons. The number of anilines is 2. The van der Waals surface area contributed by atoms with Crippen molar-refractivity contribution in [3.63, 3.8) is 0 Å². The van der Waals surface area contributed by atoms with Crippen LogP contribution < -0.4 is 16.0 Å². The van der Waals surface area contributed by atoms with Crippen LogP contribution in [0, 0.1) is 11.7 Å². The molecule has 4 rings (SSSR count). The van der Waals surface area contributed by atoms with Gasteiger partial charge in [0.15, 0.2) is 9.84 Å². The number of carbonyl (C=O) groups is 2. The highest BCUT2D eigenvalue weighted by Gasteiger charge is 2.61. The zero-order valence-electron chi connectivity index (χ0n) is 19.1. The summed E-state index contributed by atoms with van der Waals surface area (Å²) < 4.78 is 39.2. The first kappa shape index (κ1) is 25.6. The molecule has 1 fully saturated rings. The van der Waals surface area contributed by atoms with Crippen LogP contribution in [0.2, 0.25) is 5.02 Å². The van der Waals surface area contributed by atoms with E-state index in [0.29, 0.717) is 10.7 Å². The van der Waals surface area contributed by atoms with Crippen LogP contribution in [0.4, 0.5) is 20.6 Å². The quantitative estimate of drug-likeness (QED) is 0.366. The lowest BCUT2D eigenvalue weighted by atomic mass is 10.0. The van der Waals surface area contributed by atoms with Gasteiger partial charge < -0.3 is 21.1 Å². The molecule has 4 N–H and O–H groups in total. The van der Waals surface area contributed by atoms with E-state index in [4.69, 9.17) is 11.6 Å². The maximum atomic E-state index is 15.0. The maximum Gasteiger partial charge on any atom is 0.320 e. The Labute approximate surface area is 212 Å². The summed E-state index contributed by atoms with van der Waals surface area (Å²) in [5.41, 5.74) is -0.538. The van der Waals surface area contributed by atoms with Gasteiger partial charge >= 0.3 is 6.03 Å².